The molecule has 0 fully saturated rings. The summed E-state index contributed by atoms with van der Waals surface area (Å²) < 4.78 is 1.69. The molecule has 0 radical (unpaired) electrons. The Morgan fingerprint density at radius 2 is 1.63 bits per heavy atom. The lowest BCUT2D eigenvalue weighted by Gasteiger charge is -2.08. The van der Waals surface area contributed by atoms with Gasteiger partial charge in [-0.1, -0.05) is 30.0 Å². The van der Waals surface area contributed by atoms with Crippen molar-refractivity contribution in [2.45, 2.75) is 12.1 Å². The Hall–Kier alpha value is -3.33. The first-order valence-electron chi connectivity index (χ1n) is 8.09. The number of rotatable bonds is 6. The van der Waals surface area contributed by atoms with Gasteiger partial charge in [-0.05, 0) is 36.4 Å². The number of aromatic nitrogens is 3. The van der Waals surface area contributed by atoms with Gasteiger partial charge in [0.25, 0.3) is 0 Å². The van der Waals surface area contributed by atoms with Crippen LogP contribution in [0.25, 0.3) is 5.69 Å². The molecule has 4 N–H and O–H groups in total. The van der Waals surface area contributed by atoms with Gasteiger partial charge in [-0.15, -0.1) is 10.2 Å². The number of benzene rings is 2. The van der Waals surface area contributed by atoms with Crippen molar-refractivity contribution < 1.29 is 9.59 Å². The first-order chi connectivity index (χ1) is 13.0. The first-order valence-corrected chi connectivity index (χ1v) is 9.08. The Morgan fingerprint density at radius 3 is 2.26 bits per heavy atom. The average molecular weight is 382 g/mol. The molecule has 2 amide bonds. The van der Waals surface area contributed by atoms with E-state index in [1.807, 2.05) is 30.3 Å². The van der Waals surface area contributed by atoms with Crippen molar-refractivity contribution in [2.75, 3.05) is 22.1 Å². The van der Waals surface area contributed by atoms with Crippen LogP contribution in [0.4, 0.5) is 17.3 Å². The van der Waals surface area contributed by atoms with Gasteiger partial charge in [0.05, 0.1) is 11.4 Å². The van der Waals surface area contributed by atoms with E-state index < -0.39 is 0 Å². The summed E-state index contributed by atoms with van der Waals surface area (Å²) in [5.41, 5.74) is 8.03. The summed E-state index contributed by atoms with van der Waals surface area (Å²) in [5, 5.41) is 13.9. The van der Waals surface area contributed by atoms with Crippen LogP contribution in [0.3, 0.4) is 0 Å². The molecule has 0 spiro atoms. The van der Waals surface area contributed by atoms with Crippen LogP contribution < -0.4 is 16.4 Å². The Labute approximate surface area is 160 Å². The zero-order chi connectivity index (χ0) is 19.2. The highest BCUT2D eigenvalue weighted by molar-refractivity contribution is 7.99. The highest BCUT2D eigenvalue weighted by Crippen LogP contribution is 2.23. The number of carbonyl (C=O) groups excluding carboxylic acids is 2. The normalized spacial score (nSPS) is 10.4. The molecule has 9 heteroatoms. The van der Waals surface area contributed by atoms with Crippen LogP contribution in [0.1, 0.15) is 6.92 Å². The molecule has 0 atom stereocenters. The second kappa shape index (κ2) is 8.37. The van der Waals surface area contributed by atoms with E-state index in [1.165, 1.54) is 18.7 Å². The number of anilines is 3. The minimum Gasteiger partial charge on any atom is -0.368 e. The molecule has 0 aliphatic heterocycles. The maximum Gasteiger partial charge on any atom is 0.234 e. The quantitative estimate of drug-likeness (QED) is 0.564. The third-order valence-corrected chi connectivity index (χ3v) is 4.42. The van der Waals surface area contributed by atoms with Gasteiger partial charge < -0.3 is 16.4 Å². The Balaban J connectivity index is 1.61. The van der Waals surface area contributed by atoms with Crippen LogP contribution >= 0.6 is 11.8 Å². The fourth-order valence-electron chi connectivity index (χ4n) is 2.36. The van der Waals surface area contributed by atoms with Crippen molar-refractivity contribution in [1.82, 2.24) is 14.8 Å². The van der Waals surface area contributed by atoms with Crippen LogP contribution in [-0.4, -0.2) is 32.3 Å². The van der Waals surface area contributed by atoms with Gasteiger partial charge in [0, 0.05) is 18.3 Å². The molecular formula is C18H18N6O2S. The number of nitrogens with zero attached hydrogens (tertiary/aromatic N) is 3. The van der Waals surface area contributed by atoms with Gasteiger partial charge in [-0.3, -0.25) is 14.2 Å². The number of hydrogen-bond donors (Lipinski definition) is 3. The van der Waals surface area contributed by atoms with E-state index in [0.29, 0.717) is 16.5 Å². The predicted molar refractivity (Wildman–Crippen MR) is 106 cm³/mol. The van der Waals surface area contributed by atoms with Gasteiger partial charge in [0.1, 0.15) is 0 Å². The summed E-state index contributed by atoms with van der Waals surface area (Å²) in [6, 6.07) is 16.3. The monoisotopic (exact) mass is 382 g/mol. The number of hydrogen-bond acceptors (Lipinski definition) is 6. The van der Waals surface area contributed by atoms with Crippen molar-refractivity contribution in [1.29, 1.82) is 0 Å². The summed E-state index contributed by atoms with van der Waals surface area (Å²) in [6.45, 7) is 1.44. The molecule has 0 unspecified atom stereocenters. The Morgan fingerprint density at radius 1 is 1.00 bits per heavy atom. The van der Waals surface area contributed by atoms with Gasteiger partial charge >= 0.3 is 0 Å². The number of nitrogens with two attached hydrogens (primary N) is 1. The SMILES string of the molecule is CC(=O)Nc1ccc(NC(=O)CSc2nnc(N)n2-c2ccccc2)cc1. The second-order valence-electron chi connectivity index (χ2n) is 5.61. The molecule has 1 heterocycles. The number of thioether (sulfide) groups is 1. The molecule has 138 valence electrons. The summed E-state index contributed by atoms with van der Waals surface area (Å²) in [6.07, 6.45) is 0. The molecular weight excluding hydrogens is 364 g/mol. The lowest BCUT2D eigenvalue weighted by atomic mass is 10.3. The molecule has 0 bridgehead atoms. The van der Waals surface area contributed by atoms with Crippen molar-refractivity contribution in [3.8, 4) is 5.69 Å². The van der Waals surface area contributed by atoms with Gasteiger partial charge in [0.2, 0.25) is 17.8 Å². The van der Waals surface area contributed by atoms with Crippen molar-refractivity contribution in [3.63, 3.8) is 0 Å². The van der Waals surface area contributed by atoms with Gasteiger partial charge in [0.15, 0.2) is 5.16 Å². The highest BCUT2D eigenvalue weighted by Gasteiger charge is 2.14. The van der Waals surface area contributed by atoms with Crippen LogP contribution in [0.2, 0.25) is 0 Å². The van der Waals surface area contributed by atoms with Crippen LogP contribution in [0.15, 0.2) is 59.8 Å². The van der Waals surface area contributed by atoms with Crippen molar-refractivity contribution in [2.24, 2.45) is 0 Å². The third kappa shape index (κ3) is 4.85. The molecule has 0 aliphatic rings. The molecule has 2 aromatic carbocycles. The van der Waals surface area contributed by atoms with E-state index in [9.17, 15) is 9.59 Å². The number of carbonyl (C=O) groups is 2. The Kier molecular flexibility index (Phi) is 5.72. The Bertz CT molecular complexity index is 940. The number of nitrogens with one attached hydrogen (secondary N) is 2. The fourth-order valence-corrected chi connectivity index (χ4v) is 3.12. The minimum atomic E-state index is -0.187. The van der Waals surface area contributed by atoms with E-state index in [-0.39, 0.29) is 23.5 Å². The van der Waals surface area contributed by atoms with Gasteiger partial charge in [-0.25, -0.2) is 0 Å². The smallest absolute Gasteiger partial charge is 0.234 e. The summed E-state index contributed by atoms with van der Waals surface area (Å²) in [5.74, 6) is 0.0782. The number of amides is 2. The van der Waals surface area contributed by atoms with E-state index in [2.05, 4.69) is 20.8 Å². The fraction of sp³-hybridized carbons (Fsp3) is 0.111. The standard InChI is InChI=1S/C18H18N6O2S/c1-12(25)20-13-7-9-14(10-8-13)21-16(26)11-27-18-23-22-17(19)24(18)15-5-3-2-4-6-15/h2-10H,11H2,1H3,(H2,19,22)(H,20,25)(H,21,26). The predicted octanol–water partition coefficient (Wildman–Crippen LogP) is 2.54. The summed E-state index contributed by atoms with van der Waals surface area (Å²) in [7, 11) is 0. The van der Waals surface area contributed by atoms with E-state index >= 15 is 0 Å². The molecule has 0 aliphatic carbocycles. The second-order valence-corrected chi connectivity index (χ2v) is 6.55. The first kappa shape index (κ1) is 18.5. The lowest BCUT2D eigenvalue weighted by Crippen LogP contribution is -2.14. The van der Waals surface area contributed by atoms with E-state index in [0.717, 1.165) is 5.69 Å². The van der Waals surface area contributed by atoms with Gasteiger partial charge in [-0.2, -0.15) is 0 Å². The molecule has 3 aromatic rings. The van der Waals surface area contributed by atoms with Crippen LogP contribution in [-0.2, 0) is 9.59 Å². The lowest BCUT2D eigenvalue weighted by molar-refractivity contribution is -0.114. The van der Waals surface area contributed by atoms with Crippen LogP contribution in [0.5, 0.6) is 0 Å². The average Bonchev–Trinajstić information content (AvgIpc) is 3.02. The zero-order valence-electron chi connectivity index (χ0n) is 14.5. The zero-order valence-corrected chi connectivity index (χ0v) is 15.4. The van der Waals surface area contributed by atoms with Crippen LogP contribution in [0, 0.1) is 0 Å². The number of para-hydroxylation sites is 1. The maximum absolute atomic E-state index is 12.2. The largest absolute Gasteiger partial charge is 0.368 e. The summed E-state index contributed by atoms with van der Waals surface area (Å²) >= 11 is 1.24. The highest BCUT2D eigenvalue weighted by atomic mass is 32.2. The van der Waals surface area contributed by atoms with Crippen molar-refractivity contribution >= 4 is 40.9 Å². The minimum absolute atomic E-state index is 0.148. The van der Waals surface area contributed by atoms with E-state index in [4.69, 9.17) is 5.73 Å². The molecule has 0 saturated carbocycles. The maximum atomic E-state index is 12.2. The van der Waals surface area contributed by atoms with E-state index in [1.54, 1.807) is 28.8 Å². The molecule has 27 heavy (non-hydrogen) atoms. The third-order valence-electron chi connectivity index (χ3n) is 3.49. The topological polar surface area (TPSA) is 115 Å². The molecule has 0 saturated heterocycles. The molecule has 1 aromatic heterocycles. The molecule has 3 rings (SSSR count). The summed E-state index contributed by atoms with van der Waals surface area (Å²) in [4.78, 5) is 23.2. The molecule has 8 nitrogen and oxygen atoms in total. The number of nitrogen functional groups attached to an aromatic ring is 1. The van der Waals surface area contributed by atoms with Crippen molar-refractivity contribution in [3.05, 3.63) is 54.6 Å².